The zero-order valence-electron chi connectivity index (χ0n) is 10.9. The van der Waals surface area contributed by atoms with Crippen LogP contribution in [0.1, 0.15) is 10.4 Å². The van der Waals surface area contributed by atoms with E-state index in [0.29, 0.717) is 11.3 Å². The molecule has 0 atom stereocenters. The van der Waals surface area contributed by atoms with Crippen LogP contribution in [-0.4, -0.2) is 25.2 Å². The standard InChI is InChI=1S/C15H16N2O2/c1-17(2)12-7-8-13(15(18)19)14(9-12)10-3-5-11(16)6-4-10/h3-9H,16H2,1-2H3,(H,18,19). The summed E-state index contributed by atoms with van der Waals surface area (Å²) in [6.45, 7) is 0. The fourth-order valence-corrected chi connectivity index (χ4v) is 1.90. The van der Waals surface area contributed by atoms with Crippen molar-refractivity contribution in [3.8, 4) is 11.1 Å². The minimum Gasteiger partial charge on any atom is -0.478 e. The van der Waals surface area contributed by atoms with Gasteiger partial charge in [-0.1, -0.05) is 12.1 Å². The lowest BCUT2D eigenvalue weighted by molar-refractivity contribution is 0.0698. The molecule has 0 aliphatic heterocycles. The van der Waals surface area contributed by atoms with Crippen molar-refractivity contribution in [2.75, 3.05) is 24.7 Å². The van der Waals surface area contributed by atoms with Crippen LogP contribution in [0.25, 0.3) is 11.1 Å². The summed E-state index contributed by atoms with van der Waals surface area (Å²) in [6, 6.07) is 12.5. The van der Waals surface area contributed by atoms with Crippen molar-refractivity contribution in [2.45, 2.75) is 0 Å². The van der Waals surface area contributed by atoms with E-state index in [9.17, 15) is 9.90 Å². The number of rotatable bonds is 3. The van der Waals surface area contributed by atoms with Gasteiger partial charge in [0.25, 0.3) is 0 Å². The predicted octanol–water partition coefficient (Wildman–Crippen LogP) is 2.70. The fraction of sp³-hybridized carbons (Fsp3) is 0.133. The normalized spacial score (nSPS) is 10.2. The molecule has 4 nitrogen and oxygen atoms in total. The first-order valence-electron chi connectivity index (χ1n) is 5.89. The van der Waals surface area contributed by atoms with Crippen LogP contribution < -0.4 is 10.6 Å². The largest absolute Gasteiger partial charge is 0.478 e. The Morgan fingerprint density at radius 1 is 1.11 bits per heavy atom. The molecule has 0 heterocycles. The van der Waals surface area contributed by atoms with Crippen LogP contribution in [0, 0.1) is 0 Å². The lowest BCUT2D eigenvalue weighted by Crippen LogP contribution is -2.10. The minimum atomic E-state index is -0.933. The quantitative estimate of drug-likeness (QED) is 0.829. The number of anilines is 2. The molecular formula is C15H16N2O2. The van der Waals surface area contributed by atoms with E-state index in [1.54, 1.807) is 24.3 Å². The number of nitrogens with zero attached hydrogens (tertiary/aromatic N) is 1. The van der Waals surface area contributed by atoms with Gasteiger partial charge in [-0.3, -0.25) is 0 Å². The van der Waals surface area contributed by atoms with Gasteiger partial charge < -0.3 is 15.7 Å². The smallest absolute Gasteiger partial charge is 0.336 e. The van der Waals surface area contributed by atoms with Crippen molar-refractivity contribution in [1.82, 2.24) is 0 Å². The third kappa shape index (κ3) is 2.68. The van der Waals surface area contributed by atoms with Crippen molar-refractivity contribution < 1.29 is 9.90 Å². The van der Waals surface area contributed by atoms with Gasteiger partial charge in [0.05, 0.1) is 5.56 Å². The SMILES string of the molecule is CN(C)c1ccc(C(=O)O)c(-c2ccc(N)cc2)c1. The third-order valence-corrected chi connectivity index (χ3v) is 2.97. The van der Waals surface area contributed by atoms with Crippen LogP contribution >= 0.6 is 0 Å². The number of carbonyl (C=O) groups is 1. The molecule has 0 radical (unpaired) electrons. The molecule has 98 valence electrons. The molecule has 2 aromatic carbocycles. The summed E-state index contributed by atoms with van der Waals surface area (Å²) in [5.41, 5.74) is 9.09. The van der Waals surface area contributed by atoms with Crippen LogP contribution in [-0.2, 0) is 0 Å². The molecule has 0 aromatic heterocycles. The molecule has 0 bridgehead atoms. The highest BCUT2D eigenvalue weighted by atomic mass is 16.4. The second-order valence-corrected chi connectivity index (χ2v) is 4.55. The van der Waals surface area contributed by atoms with Crippen molar-refractivity contribution in [3.63, 3.8) is 0 Å². The Kier molecular flexibility index (Phi) is 3.42. The van der Waals surface area contributed by atoms with Gasteiger partial charge in [-0.25, -0.2) is 4.79 Å². The Labute approximate surface area is 112 Å². The average molecular weight is 256 g/mol. The second-order valence-electron chi connectivity index (χ2n) is 4.55. The molecule has 2 rings (SSSR count). The molecule has 0 aliphatic rings. The van der Waals surface area contributed by atoms with Gasteiger partial charge in [0.15, 0.2) is 0 Å². The number of carboxylic acids is 1. The maximum atomic E-state index is 11.3. The molecule has 19 heavy (non-hydrogen) atoms. The maximum Gasteiger partial charge on any atom is 0.336 e. The predicted molar refractivity (Wildman–Crippen MR) is 77.6 cm³/mol. The van der Waals surface area contributed by atoms with Gasteiger partial charge in [0.1, 0.15) is 0 Å². The Balaban J connectivity index is 2.60. The molecule has 0 aliphatic carbocycles. The summed E-state index contributed by atoms with van der Waals surface area (Å²) in [6.07, 6.45) is 0. The first-order chi connectivity index (χ1) is 8.99. The van der Waals surface area contributed by atoms with Gasteiger partial charge >= 0.3 is 5.97 Å². The van der Waals surface area contributed by atoms with E-state index in [1.165, 1.54) is 0 Å². The summed E-state index contributed by atoms with van der Waals surface area (Å²) in [4.78, 5) is 13.2. The lowest BCUT2D eigenvalue weighted by Gasteiger charge is -2.15. The number of hydrogen-bond donors (Lipinski definition) is 2. The Morgan fingerprint density at radius 3 is 2.26 bits per heavy atom. The summed E-state index contributed by atoms with van der Waals surface area (Å²) in [7, 11) is 3.84. The number of aromatic carboxylic acids is 1. The van der Waals surface area contributed by atoms with Crippen LogP contribution in [0.4, 0.5) is 11.4 Å². The van der Waals surface area contributed by atoms with E-state index in [1.807, 2.05) is 37.2 Å². The molecular weight excluding hydrogens is 240 g/mol. The van der Waals surface area contributed by atoms with E-state index in [-0.39, 0.29) is 5.56 Å². The molecule has 0 amide bonds. The molecule has 0 spiro atoms. The molecule has 2 aromatic rings. The minimum absolute atomic E-state index is 0.287. The Morgan fingerprint density at radius 2 is 1.74 bits per heavy atom. The molecule has 0 saturated carbocycles. The summed E-state index contributed by atoms with van der Waals surface area (Å²) in [5, 5.41) is 9.27. The van der Waals surface area contributed by atoms with Gasteiger partial charge in [-0.05, 0) is 41.5 Å². The van der Waals surface area contributed by atoms with Crippen molar-refractivity contribution in [2.24, 2.45) is 0 Å². The zero-order valence-corrected chi connectivity index (χ0v) is 10.9. The first kappa shape index (κ1) is 13.0. The van der Waals surface area contributed by atoms with Gasteiger partial charge in [-0.15, -0.1) is 0 Å². The zero-order chi connectivity index (χ0) is 14.0. The monoisotopic (exact) mass is 256 g/mol. The van der Waals surface area contributed by atoms with Gasteiger partial charge in [-0.2, -0.15) is 0 Å². The Bertz CT molecular complexity index is 604. The van der Waals surface area contributed by atoms with E-state index in [4.69, 9.17) is 5.73 Å². The number of nitrogen functional groups attached to an aromatic ring is 1. The third-order valence-electron chi connectivity index (χ3n) is 2.97. The highest BCUT2D eigenvalue weighted by Crippen LogP contribution is 2.28. The van der Waals surface area contributed by atoms with Crippen LogP contribution in [0.3, 0.4) is 0 Å². The van der Waals surface area contributed by atoms with Crippen LogP contribution in [0.15, 0.2) is 42.5 Å². The highest BCUT2D eigenvalue weighted by molar-refractivity contribution is 5.97. The van der Waals surface area contributed by atoms with E-state index < -0.39 is 5.97 Å². The summed E-state index contributed by atoms with van der Waals surface area (Å²) < 4.78 is 0. The molecule has 0 saturated heterocycles. The van der Waals surface area contributed by atoms with Crippen molar-refractivity contribution >= 4 is 17.3 Å². The summed E-state index contributed by atoms with van der Waals surface area (Å²) in [5.74, 6) is -0.933. The molecule has 0 unspecified atom stereocenters. The molecule has 0 fully saturated rings. The maximum absolute atomic E-state index is 11.3. The van der Waals surface area contributed by atoms with E-state index >= 15 is 0 Å². The lowest BCUT2D eigenvalue weighted by atomic mass is 9.98. The van der Waals surface area contributed by atoms with Gasteiger partial charge in [0, 0.05) is 25.5 Å². The van der Waals surface area contributed by atoms with E-state index in [0.717, 1.165) is 11.3 Å². The van der Waals surface area contributed by atoms with Crippen molar-refractivity contribution in [1.29, 1.82) is 0 Å². The number of carboxylic acid groups (broad SMARTS) is 1. The number of benzene rings is 2. The first-order valence-corrected chi connectivity index (χ1v) is 5.89. The van der Waals surface area contributed by atoms with Crippen LogP contribution in [0.5, 0.6) is 0 Å². The van der Waals surface area contributed by atoms with Crippen LogP contribution in [0.2, 0.25) is 0 Å². The average Bonchev–Trinajstić information content (AvgIpc) is 2.38. The molecule has 3 N–H and O–H groups in total. The van der Waals surface area contributed by atoms with E-state index in [2.05, 4.69) is 0 Å². The summed E-state index contributed by atoms with van der Waals surface area (Å²) >= 11 is 0. The second kappa shape index (κ2) is 5.02. The number of hydrogen-bond acceptors (Lipinski definition) is 3. The topological polar surface area (TPSA) is 66.6 Å². The fourth-order valence-electron chi connectivity index (χ4n) is 1.90. The Hall–Kier alpha value is -2.49. The highest BCUT2D eigenvalue weighted by Gasteiger charge is 2.13. The van der Waals surface area contributed by atoms with Gasteiger partial charge in [0.2, 0.25) is 0 Å². The number of nitrogens with two attached hydrogens (primary N) is 1. The van der Waals surface area contributed by atoms with Crippen molar-refractivity contribution in [3.05, 3.63) is 48.0 Å². The molecule has 4 heteroatoms.